The minimum absolute atomic E-state index is 0.0302. The van der Waals surface area contributed by atoms with Crippen molar-refractivity contribution in [3.63, 3.8) is 0 Å². The van der Waals surface area contributed by atoms with Crippen molar-refractivity contribution >= 4 is 21.6 Å². The van der Waals surface area contributed by atoms with Crippen molar-refractivity contribution in [3.05, 3.63) is 65.0 Å². The van der Waals surface area contributed by atoms with Crippen LogP contribution in [-0.2, 0) is 23.0 Å². The minimum atomic E-state index is -3.26. The van der Waals surface area contributed by atoms with Crippen LogP contribution in [0.5, 0.6) is 0 Å². The third-order valence-corrected chi connectivity index (χ3v) is 6.44. The van der Waals surface area contributed by atoms with Gasteiger partial charge in [0.25, 0.3) is 5.91 Å². The molecule has 0 fully saturated rings. The number of sulfonamides is 1. The first-order valence-corrected chi connectivity index (χ1v) is 10.2. The average Bonchev–Trinajstić information content (AvgIpc) is 2.61. The first-order chi connectivity index (χ1) is 12.4. The second-order valence-electron chi connectivity index (χ2n) is 6.32. The maximum absolute atomic E-state index is 13.7. The highest BCUT2D eigenvalue weighted by Gasteiger charge is 2.26. The largest absolute Gasteiger partial charge is 0.322 e. The third kappa shape index (κ3) is 3.94. The van der Waals surface area contributed by atoms with Gasteiger partial charge in [0.05, 0.1) is 11.3 Å². The zero-order valence-corrected chi connectivity index (χ0v) is 15.4. The number of rotatable bonds is 5. The molecule has 2 aromatic rings. The van der Waals surface area contributed by atoms with Crippen LogP contribution in [0, 0.1) is 5.82 Å². The van der Waals surface area contributed by atoms with Crippen LogP contribution < -0.4 is 5.32 Å². The van der Waals surface area contributed by atoms with Gasteiger partial charge in [-0.15, -0.1) is 0 Å². The molecule has 1 heterocycles. The molecule has 0 radical (unpaired) electrons. The number of anilines is 1. The number of fused-ring (bicyclic) bond motifs is 1. The number of nitrogens with zero attached hydrogens (tertiary/aromatic N) is 1. The standard InChI is InChI=1S/C19H21FN2O3S/c1-2-11-26(24,25)22-10-9-14-7-8-16(12-15(14)13-22)21-19(23)17-5-3-4-6-18(17)20/h3-8,12H,2,9-11,13H2,1H3,(H,21,23). The Kier molecular flexibility index (Phi) is 5.38. The number of carbonyl (C=O) groups is 1. The summed E-state index contributed by atoms with van der Waals surface area (Å²) in [4.78, 5) is 12.3. The lowest BCUT2D eigenvalue weighted by molar-refractivity contribution is 0.102. The third-order valence-electron chi connectivity index (χ3n) is 4.42. The fourth-order valence-electron chi connectivity index (χ4n) is 3.08. The molecule has 7 heteroatoms. The number of hydrogen-bond acceptors (Lipinski definition) is 3. The van der Waals surface area contributed by atoms with Gasteiger partial charge in [0, 0.05) is 18.8 Å². The van der Waals surface area contributed by atoms with E-state index in [0.29, 0.717) is 31.6 Å². The number of halogens is 1. The second-order valence-corrected chi connectivity index (χ2v) is 8.41. The molecule has 26 heavy (non-hydrogen) atoms. The maximum Gasteiger partial charge on any atom is 0.258 e. The molecule has 138 valence electrons. The van der Waals surface area contributed by atoms with Crippen LogP contribution in [0.1, 0.15) is 34.8 Å². The highest BCUT2D eigenvalue weighted by atomic mass is 32.2. The molecule has 0 aliphatic carbocycles. The molecule has 1 amide bonds. The van der Waals surface area contributed by atoms with Crippen LogP contribution in [0.15, 0.2) is 42.5 Å². The minimum Gasteiger partial charge on any atom is -0.322 e. The highest BCUT2D eigenvalue weighted by Crippen LogP contribution is 2.25. The molecular formula is C19H21FN2O3S. The van der Waals surface area contributed by atoms with Crippen LogP contribution >= 0.6 is 0 Å². The van der Waals surface area contributed by atoms with Crippen molar-refractivity contribution in [1.82, 2.24) is 4.31 Å². The van der Waals surface area contributed by atoms with Gasteiger partial charge in [-0.3, -0.25) is 4.79 Å². The van der Waals surface area contributed by atoms with E-state index in [9.17, 15) is 17.6 Å². The summed E-state index contributed by atoms with van der Waals surface area (Å²) in [6, 6.07) is 11.2. The maximum atomic E-state index is 13.7. The van der Waals surface area contributed by atoms with Gasteiger partial charge in [0.2, 0.25) is 10.0 Å². The zero-order valence-electron chi connectivity index (χ0n) is 14.5. The summed E-state index contributed by atoms with van der Waals surface area (Å²) in [7, 11) is -3.26. The van der Waals surface area contributed by atoms with Crippen molar-refractivity contribution < 1.29 is 17.6 Å². The van der Waals surface area contributed by atoms with Crippen molar-refractivity contribution in [2.24, 2.45) is 0 Å². The van der Waals surface area contributed by atoms with Crippen LogP contribution in [0.2, 0.25) is 0 Å². The second kappa shape index (κ2) is 7.55. The molecule has 1 N–H and O–H groups in total. The molecule has 0 unspecified atom stereocenters. The van der Waals surface area contributed by atoms with E-state index in [1.165, 1.54) is 22.5 Å². The van der Waals surface area contributed by atoms with Gasteiger partial charge in [-0.25, -0.2) is 12.8 Å². The summed E-state index contributed by atoms with van der Waals surface area (Å²) in [6.07, 6.45) is 1.21. The Morgan fingerprint density at radius 1 is 1.19 bits per heavy atom. The summed E-state index contributed by atoms with van der Waals surface area (Å²) >= 11 is 0. The lowest BCUT2D eigenvalue weighted by atomic mass is 10.0. The van der Waals surface area contributed by atoms with E-state index < -0.39 is 21.7 Å². The van der Waals surface area contributed by atoms with Crippen molar-refractivity contribution in [2.75, 3.05) is 17.6 Å². The Hall–Kier alpha value is -2.25. The Labute approximate surface area is 152 Å². The van der Waals surface area contributed by atoms with Crippen LogP contribution in [0.3, 0.4) is 0 Å². The molecule has 0 aromatic heterocycles. The Morgan fingerprint density at radius 3 is 2.69 bits per heavy atom. The Bertz CT molecular complexity index is 928. The summed E-state index contributed by atoms with van der Waals surface area (Å²) in [5.74, 6) is -0.986. The number of carbonyl (C=O) groups excluding carboxylic acids is 1. The Balaban J connectivity index is 1.79. The van der Waals surface area contributed by atoms with Crippen LogP contribution in [0.4, 0.5) is 10.1 Å². The molecule has 3 rings (SSSR count). The van der Waals surface area contributed by atoms with E-state index in [2.05, 4.69) is 5.32 Å². The average molecular weight is 376 g/mol. The molecule has 0 saturated carbocycles. The summed E-state index contributed by atoms with van der Waals surface area (Å²) in [6.45, 7) is 2.60. The SMILES string of the molecule is CCCS(=O)(=O)N1CCc2ccc(NC(=O)c3ccccc3F)cc2C1. The van der Waals surface area contributed by atoms with Crippen molar-refractivity contribution in [3.8, 4) is 0 Å². The lowest BCUT2D eigenvalue weighted by Gasteiger charge is -2.28. The lowest BCUT2D eigenvalue weighted by Crippen LogP contribution is -2.37. The number of amides is 1. The van der Waals surface area contributed by atoms with E-state index >= 15 is 0 Å². The molecule has 0 spiro atoms. The van der Waals surface area contributed by atoms with E-state index in [4.69, 9.17) is 0 Å². The van der Waals surface area contributed by atoms with E-state index in [1.54, 1.807) is 18.2 Å². The zero-order chi connectivity index (χ0) is 18.7. The molecule has 0 saturated heterocycles. The molecule has 1 aliphatic heterocycles. The highest BCUT2D eigenvalue weighted by molar-refractivity contribution is 7.89. The van der Waals surface area contributed by atoms with Crippen LogP contribution in [-0.4, -0.2) is 30.9 Å². The molecule has 0 bridgehead atoms. The van der Waals surface area contributed by atoms with Gasteiger partial charge in [0.1, 0.15) is 5.82 Å². The predicted molar refractivity (Wildman–Crippen MR) is 99.0 cm³/mol. The van der Waals surface area contributed by atoms with Crippen molar-refractivity contribution in [2.45, 2.75) is 26.3 Å². The first-order valence-electron chi connectivity index (χ1n) is 8.56. The van der Waals surface area contributed by atoms with E-state index in [-0.39, 0.29) is 11.3 Å². The normalized spacial score (nSPS) is 14.7. The number of nitrogens with one attached hydrogen (secondary N) is 1. The van der Waals surface area contributed by atoms with Gasteiger partial charge in [-0.05, 0) is 48.2 Å². The number of hydrogen-bond donors (Lipinski definition) is 1. The molecule has 0 atom stereocenters. The van der Waals surface area contributed by atoms with Crippen molar-refractivity contribution in [1.29, 1.82) is 0 Å². The van der Waals surface area contributed by atoms with Gasteiger partial charge >= 0.3 is 0 Å². The van der Waals surface area contributed by atoms with Gasteiger partial charge < -0.3 is 5.32 Å². The smallest absolute Gasteiger partial charge is 0.258 e. The molecule has 1 aliphatic rings. The quantitative estimate of drug-likeness (QED) is 0.872. The fraction of sp³-hybridized carbons (Fsp3) is 0.316. The fourth-order valence-corrected chi connectivity index (χ4v) is 4.56. The number of benzene rings is 2. The molecule has 5 nitrogen and oxygen atoms in total. The molecular weight excluding hydrogens is 355 g/mol. The monoisotopic (exact) mass is 376 g/mol. The van der Waals surface area contributed by atoms with Gasteiger partial charge in [0.15, 0.2) is 0 Å². The van der Waals surface area contributed by atoms with Crippen LogP contribution in [0.25, 0.3) is 0 Å². The Morgan fingerprint density at radius 2 is 1.96 bits per heavy atom. The summed E-state index contributed by atoms with van der Waals surface area (Å²) in [5, 5.41) is 2.68. The topological polar surface area (TPSA) is 66.5 Å². The first kappa shape index (κ1) is 18.5. The van der Waals surface area contributed by atoms with E-state index in [1.807, 2.05) is 13.0 Å². The summed E-state index contributed by atoms with van der Waals surface area (Å²) < 4.78 is 39.8. The summed E-state index contributed by atoms with van der Waals surface area (Å²) in [5.41, 5.74) is 2.42. The predicted octanol–water partition coefficient (Wildman–Crippen LogP) is 3.18. The van der Waals surface area contributed by atoms with Gasteiger partial charge in [-0.1, -0.05) is 25.1 Å². The van der Waals surface area contributed by atoms with Gasteiger partial charge in [-0.2, -0.15) is 4.31 Å². The molecule has 2 aromatic carbocycles. The van der Waals surface area contributed by atoms with E-state index in [0.717, 1.165) is 11.1 Å².